The minimum absolute atomic E-state index is 0.108. The second kappa shape index (κ2) is 6.66. The molecule has 1 aromatic carbocycles. The molecule has 0 spiro atoms. The van der Waals surface area contributed by atoms with Gasteiger partial charge in [0.05, 0.1) is 5.56 Å². The number of carbonyl (C=O) groups excluding carboxylic acids is 2. The summed E-state index contributed by atoms with van der Waals surface area (Å²) in [4.78, 5) is 38.0. The molecule has 7 heteroatoms. The number of hydrogen-bond acceptors (Lipinski definition) is 5. The minimum atomic E-state index is -0.721. The highest BCUT2D eigenvalue weighted by Crippen LogP contribution is 2.39. The van der Waals surface area contributed by atoms with Gasteiger partial charge in [-0.2, -0.15) is 0 Å². The summed E-state index contributed by atoms with van der Waals surface area (Å²) in [7, 11) is 0. The Hall–Kier alpha value is -2.93. The second-order valence-corrected chi connectivity index (χ2v) is 7.96. The lowest BCUT2D eigenvalue weighted by molar-refractivity contribution is 0.1000. The highest BCUT2D eigenvalue weighted by atomic mass is 32.1. The third kappa shape index (κ3) is 3.14. The van der Waals surface area contributed by atoms with Crippen LogP contribution >= 0.6 is 11.3 Å². The van der Waals surface area contributed by atoms with Crippen LogP contribution in [0.3, 0.4) is 0 Å². The molecule has 3 aromatic rings. The third-order valence-electron chi connectivity index (χ3n) is 4.87. The first-order valence-corrected chi connectivity index (χ1v) is 9.54. The Balaban J connectivity index is 1.72. The van der Waals surface area contributed by atoms with Crippen molar-refractivity contribution in [2.45, 2.75) is 26.2 Å². The van der Waals surface area contributed by atoms with Gasteiger partial charge < -0.3 is 15.5 Å². The highest BCUT2D eigenvalue weighted by Gasteiger charge is 2.28. The monoisotopic (exact) mass is 382 g/mol. The predicted octanol–water partition coefficient (Wildman–Crippen LogP) is 3.33. The number of amides is 2. The molecule has 6 nitrogen and oxygen atoms in total. The van der Waals surface area contributed by atoms with E-state index in [0.717, 1.165) is 29.7 Å². The molecule has 3 N–H and O–H groups in total. The lowest BCUT2D eigenvalue weighted by atomic mass is 9.88. The lowest BCUT2D eigenvalue weighted by Gasteiger charge is -2.18. The number of nitrogens with one attached hydrogen (secondary N) is 1. The van der Waals surface area contributed by atoms with Crippen LogP contribution in [0.25, 0.3) is 11.0 Å². The summed E-state index contributed by atoms with van der Waals surface area (Å²) in [5.74, 6) is -0.653. The van der Waals surface area contributed by atoms with Gasteiger partial charge in [-0.3, -0.25) is 9.59 Å². The van der Waals surface area contributed by atoms with E-state index < -0.39 is 17.4 Å². The molecule has 0 radical (unpaired) electrons. The fourth-order valence-corrected chi connectivity index (χ4v) is 4.90. The maximum Gasteiger partial charge on any atom is 0.349 e. The summed E-state index contributed by atoms with van der Waals surface area (Å²) >= 11 is 1.36. The van der Waals surface area contributed by atoms with Gasteiger partial charge in [-0.1, -0.05) is 25.1 Å². The fourth-order valence-electron chi connectivity index (χ4n) is 3.49. The zero-order valence-corrected chi connectivity index (χ0v) is 15.5. The molecule has 138 valence electrons. The first-order chi connectivity index (χ1) is 12.9. The largest absolute Gasteiger partial charge is 0.422 e. The van der Waals surface area contributed by atoms with E-state index >= 15 is 0 Å². The van der Waals surface area contributed by atoms with Gasteiger partial charge in [0.25, 0.3) is 11.8 Å². The zero-order chi connectivity index (χ0) is 19.1. The molecule has 2 aromatic heterocycles. The van der Waals surface area contributed by atoms with Crippen LogP contribution in [0.1, 0.15) is 44.5 Å². The quantitative estimate of drug-likeness (QED) is 0.678. The number of thiophene rings is 1. The van der Waals surface area contributed by atoms with Crippen LogP contribution in [0.2, 0.25) is 0 Å². The van der Waals surface area contributed by atoms with Gasteiger partial charge in [-0.15, -0.1) is 11.3 Å². The van der Waals surface area contributed by atoms with E-state index in [1.165, 1.54) is 17.4 Å². The summed E-state index contributed by atoms with van der Waals surface area (Å²) < 4.78 is 5.22. The highest BCUT2D eigenvalue weighted by molar-refractivity contribution is 7.17. The van der Waals surface area contributed by atoms with Crippen LogP contribution in [0, 0.1) is 5.92 Å². The van der Waals surface area contributed by atoms with E-state index in [4.69, 9.17) is 10.2 Å². The Morgan fingerprint density at radius 3 is 2.85 bits per heavy atom. The topological polar surface area (TPSA) is 102 Å². The van der Waals surface area contributed by atoms with Crippen LogP contribution in [-0.4, -0.2) is 11.8 Å². The summed E-state index contributed by atoms with van der Waals surface area (Å²) in [5.41, 5.74) is 6.44. The first kappa shape index (κ1) is 17.5. The van der Waals surface area contributed by atoms with E-state index in [2.05, 4.69) is 12.2 Å². The average molecular weight is 382 g/mol. The van der Waals surface area contributed by atoms with Crippen LogP contribution in [0.15, 0.2) is 39.5 Å². The Bertz CT molecular complexity index is 1130. The smallest absolute Gasteiger partial charge is 0.349 e. The molecule has 2 amide bonds. The number of primary amides is 1. The fraction of sp³-hybridized carbons (Fsp3) is 0.250. The van der Waals surface area contributed by atoms with Gasteiger partial charge in [-0.05, 0) is 42.9 Å². The third-order valence-corrected chi connectivity index (χ3v) is 6.04. The summed E-state index contributed by atoms with van der Waals surface area (Å²) in [5, 5.41) is 3.76. The molecular formula is C20H18N2O4S. The number of hydrogen-bond donors (Lipinski definition) is 2. The van der Waals surface area contributed by atoms with Crippen LogP contribution < -0.4 is 16.7 Å². The molecule has 1 aliphatic carbocycles. The Morgan fingerprint density at radius 2 is 2.07 bits per heavy atom. The maximum atomic E-state index is 12.7. The van der Waals surface area contributed by atoms with Gasteiger partial charge in [-0.25, -0.2) is 4.79 Å². The average Bonchev–Trinajstić information content (AvgIpc) is 2.97. The van der Waals surface area contributed by atoms with Crippen LogP contribution in [0.4, 0.5) is 5.00 Å². The summed E-state index contributed by atoms with van der Waals surface area (Å²) in [6.45, 7) is 2.16. The van der Waals surface area contributed by atoms with Crippen LogP contribution in [0.5, 0.6) is 0 Å². The van der Waals surface area contributed by atoms with E-state index in [0.29, 0.717) is 27.5 Å². The number of anilines is 1. The van der Waals surface area contributed by atoms with Crippen molar-refractivity contribution in [1.29, 1.82) is 0 Å². The second-order valence-electron chi connectivity index (χ2n) is 6.86. The lowest BCUT2D eigenvalue weighted by Crippen LogP contribution is -2.22. The van der Waals surface area contributed by atoms with Gasteiger partial charge in [0.15, 0.2) is 0 Å². The zero-order valence-electron chi connectivity index (χ0n) is 14.7. The minimum Gasteiger partial charge on any atom is -0.422 e. The Kier molecular flexibility index (Phi) is 4.31. The van der Waals surface area contributed by atoms with Gasteiger partial charge in [0.2, 0.25) is 0 Å². The normalized spacial score (nSPS) is 16.1. The number of rotatable bonds is 3. The molecular weight excluding hydrogens is 364 g/mol. The number of carbonyl (C=O) groups is 2. The van der Waals surface area contributed by atoms with Crippen molar-refractivity contribution in [2.24, 2.45) is 11.7 Å². The van der Waals surface area contributed by atoms with Crippen molar-refractivity contribution in [3.8, 4) is 0 Å². The Labute approximate surface area is 159 Å². The molecule has 2 heterocycles. The van der Waals surface area contributed by atoms with Crippen molar-refractivity contribution in [3.05, 3.63) is 62.3 Å². The first-order valence-electron chi connectivity index (χ1n) is 8.72. The number of benzene rings is 1. The molecule has 0 bridgehead atoms. The molecule has 4 rings (SSSR count). The number of fused-ring (bicyclic) bond motifs is 2. The molecule has 1 aliphatic rings. The molecule has 0 aliphatic heterocycles. The van der Waals surface area contributed by atoms with Crippen molar-refractivity contribution >= 4 is 39.1 Å². The maximum absolute atomic E-state index is 12.7. The van der Waals surface area contributed by atoms with E-state index in [1.807, 2.05) is 0 Å². The molecule has 0 saturated heterocycles. The Morgan fingerprint density at radius 1 is 1.30 bits per heavy atom. The molecule has 1 atom stereocenters. The SMILES string of the molecule is C[C@@H]1CCc2c(sc(NC(=O)c3cc4ccccc4oc3=O)c2C(N)=O)C1. The van der Waals surface area contributed by atoms with Crippen molar-refractivity contribution in [2.75, 3.05) is 5.32 Å². The number of nitrogens with two attached hydrogens (primary N) is 1. The standard InChI is InChI=1S/C20H18N2O4S/c1-10-6-7-12-15(8-10)27-19(16(12)17(21)23)22-18(24)13-9-11-4-2-3-5-14(11)26-20(13)25/h2-5,9-10H,6-8H2,1H3,(H2,21,23)(H,22,24)/t10-/m1/s1. The van der Waals surface area contributed by atoms with E-state index in [9.17, 15) is 14.4 Å². The van der Waals surface area contributed by atoms with Gasteiger partial charge in [0, 0.05) is 10.3 Å². The van der Waals surface area contributed by atoms with Gasteiger partial charge >= 0.3 is 5.63 Å². The van der Waals surface area contributed by atoms with Crippen molar-refractivity contribution < 1.29 is 14.0 Å². The summed E-state index contributed by atoms with van der Waals surface area (Å²) in [6.07, 6.45) is 2.60. The van der Waals surface area contributed by atoms with E-state index in [1.54, 1.807) is 24.3 Å². The molecule has 0 unspecified atom stereocenters. The van der Waals surface area contributed by atoms with Crippen molar-refractivity contribution in [1.82, 2.24) is 0 Å². The van der Waals surface area contributed by atoms with Gasteiger partial charge in [0.1, 0.15) is 16.1 Å². The summed E-state index contributed by atoms with van der Waals surface area (Å²) in [6, 6.07) is 8.47. The van der Waals surface area contributed by atoms with E-state index in [-0.39, 0.29) is 5.56 Å². The van der Waals surface area contributed by atoms with Crippen molar-refractivity contribution in [3.63, 3.8) is 0 Å². The van der Waals surface area contributed by atoms with Crippen LogP contribution in [-0.2, 0) is 12.8 Å². The number of para-hydroxylation sites is 1. The molecule has 0 saturated carbocycles. The molecule has 0 fully saturated rings. The molecule has 27 heavy (non-hydrogen) atoms. The predicted molar refractivity (Wildman–Crippen MR) is 104 cm³/mol.